The van der Waals surface area contributed by atoms with Crippen LogP contribution < -0.4 is 4.72 Å². The molecule has 0 atom stereocenters. The van der Waals surface area contributed by atoms with E-state index in [0.29, 0.717) is 10.9 Å². The molecule has 3 aromatic rings. The third kappa shape index (κ3) is 2.67. The van der Waals surface area contributed by atoms with Crippen molar-refractivity contribution < 1.29 is 12.8 Å². The molecule has 0 amide bonds. The van der Waals surface area contributed by atoms with Gasteiger partial charge in [-0.25, -0.2) is 12.8 Å². The Balaban J connectivity index is 2.05. The highest BCUT2D eigenvalue weighted by Gasteiger charge is 2.20. The van der Waals surface area contributed by atoms with Gasteiger partial charge in [0, 0.05) is 22.1 Å². The lowest BCUT2D eigenvalue weighted by atomic mass is 10.2. The van der Waals surface area contributed by atoms with Crippen LogP contribution in [-0.2, 0) is 10.0 Å². The highest BCUT2D eigenvalue weighted by atomic mass is 35.5. The summed E-state index contributed by atoms with van der Waals surface area (Å²) in [5.41, 5.74) is 1.57. The maximum Gasteiger partial charge on any atom is 0.264 e. The summed E-state index contributed by atoms with van der Waals surface area (Å²) in [6, 6.07) is 9.14. The van der Waals surface area contributed by atoms with E-state index >= 15 is 0 Å². The Bertz CT molecular complexity index is 967. The first-order valence-corrected chi connectivity index (χ1v) is 8.28. The molecule has 22 heavy (non-hydrogen) atoms. The number of benzene rings is 2. The fourth-order valence-corrected chi connectivity index (χ4v) is 3.61. The van der Waals surface area contributed by atoms with Crippen LogP contribution in [0.3, 0.4) is 0 Å². The number of H-pyrrole nitrogens is 1. The molecule has 4 nitrogen and oxygen atoms in total. The van der Waals surface area contributed by atoms with Crippen molar-refractivity contribution in [1.82, 2.24) is 4.98 Å². The molecule has 0 radical (unpaired) electrons. The summed E-state index contributed by atoms with van der Waals surface area (Å²) >= 11 is 5.66. The van der Waals surface area contributed by atoms with Crippen LogP contribution in [0.4, 0.5) is 10.1 Å². The van der Waals surface area contributed by atoms with E-state index in [1.54, 1.807) is 6.07 Å². The van der Waals surface area contributed by atoms with Crippen molar-refractivity contribution in [2.45, 2.75) is 11.8 Å². The Morgan fingerprint density at radius 2 is 1.95 bits per heavy atom. The standard InChI is InChI=1S/C15H12ClFN2O2S/c1-9-2-4-11-14(6-9)18-8-15(11)22(20,21)19-13-5-3-10(16)7-12(13)17/h2-8,18-19H,1H3. The Hall–Kier alpha value is -2.05. The Labute approximate surface area is 132 Å². The fourth-order valence-electron chi connectivity index (χ4n) is 2.21. The minimum Gasteiger partial charge on any atom is -0.360 e. The van der Waals surface area contributed by atoms with Gasteiger partial charge in [-0.15, -0.1) is 0 Å². The van der Waals surface area contributed by atoms with Crippen LogP contribution in [0.5, 0.6) is 0 Å². The van der Waals surface area contributed by atoms with Crippen LogP contribution in [-0.4, -0.2) is 13.4 Å². The third-order valence-electron chi connectivity index (χ3n) is 3.26. The maximum atomic E-state index is 13.8. The number of fused-ring (bicyclic) bond motifs is 1. The van der Waals surface area contributed by atoms with Gasteiger partial charge in [0.1, 0.15) is 10.7 Å². The predicted molar refractivity (Wildman–Crippen MR) is 85.3 cm³/mol. The summed E-state index contributed by atoms with van der Waals surface area (Å²) in [5.74, 6) is -0.730. The summed E-state index contributed by atoms with van der Waals surface area (Å²) in [4.78, 5) is 2.98. The van der Waals surface area contributed by atoms with Crippen molar-refractivity contribution in [3.63, 3.8) is 0 Å². The predicted octanol–water partition coefficient (Wildman–Crippen LogP) is 4.07. The Kier molecular flexibility index (Phi) is 3.58. The normalized spacial score (nSPS) is 11.8. The van der Waals surface area contributed by atoms with Crippen molar-refractivity contribution in [3.05, 3.63) is 59.0 Å². The molecule has 0 fully saturated rings. The molecule has 3 rings (SSSR count). The van der Waals surface area contributed by atoms with Gasteiger partial charge in [0.05, 0.1) is 5.69 Å². The highest BCUT2D eigenvalue weighted by molar-refractivity contribution is 7.93. The topological polar surface area (TPSA) is 62.0 Å². The minimum atomic E-state index is -3.91. The van der Waals surface area contributed by atoms with Crippen molar-refractivity contribution in [3.8, 4) is 0 Å². The average molecular weight is 339 g/mol. The molecule has 7 heteroatoms. The molecule has 0 aliphatic rings. The summed E-state index contributed by atoms with van der Waals surface area (Å²) in [7, 11) is -3.91. The quantitative estimate of drug-likeness (QED) is 0.756. The molecule has 0 saturated heterocycles. The Morgan fingerprint density at radius 1 is 1.18 bits per heavy atom. The molecular weight excluding hydrogens is 327 g/mol. The molecule has 2 N–H and O–H groups in total. The number of aromatic nitrogens is 1. The number of aryl methyl sites for hydroxylation is 1. The second-order valence-electron chi connectivity index (χ2n) is 4.93. The molecule has 0 bridgehead atoms. The Morgan fingerprint density at radius 3 is 2.68 bits per heavy atom. The number of nitrogens with one attached hydrogen (secondary N) is 2. The van der Waals surface area contributed by atoms with Crippen LogP contribution in [0, 0.1) is 12.7 Å². The summed E-state index contributed by atoms with van der Waals surface area (Å²) in [6.45, 7) is 1.91. The van der Waals surface area contributed by atoms with E-state index in [0.717, 1.165) is 11.6 Å². The van der Waals surface area contributed by atoms with Gasteiger partial charge in [-0.1, -0.05) is 23.7 Å². The van der Waals surface area contributed by atoms with Crippen molar-refractivity contribution in [2.75, 3.05) is 4.72 Å². The van der Waals surface area contributed by atoms with Crippen LogP contribution in [0.25, 0.3) is 10.9 Å². The summed E-state index contributed by atoms with van der Waals surface area (Å²) in [5, 5.41) is 0.746. The number of aromatic amines is 1. The van der Waals surface area contributed by atoms with Crippen LogP contribution in [0.15, 0.2) is 47.5 Å². The second kappa shape index (κ2) is 5.30. The first kappa shape index (κ1) is 14.9. The highest BCUT2D eigenvalue weighted by Crippen LogP contribution is 2.27. The number of rotatable bonds is 3. The number of hydrogen-bond acceptors (Lipinski definition) is 2. The largest absolute Gasteiger partial charge is 0.360 e. The third-order valence-corrected chi connectivity index (χ3v) is 4.90. The van der Waals surface area contributed by atoms with Crippen LogP contribution in [0.1, 0.15) is 5.56 Å². The first-order chi connectivity index (χ1) is 10.4. The maximum absolute atomic E-state index is 13.8. The lowest BCUT2D eigenvalue weighted by Crippen LogP contribution is -2.13. The SMILES string of the molecule is Cc1ccc2c(S(=O)(=O)Nc3ccc(Cl)cc3F)c[nH]c2c1. The van der Waals surface area contributed by atoms with E-state index in [2.05, 4.69) is 9.71 Å². The van der Waals surface area contributed by atoms with Gasteiger partial charge in [0.15, 0.2) is 0 Å². The van der Waals surface area contributed by atoms with Crippen LogP contribution >= 0.6 is 11.6 Å². The van der Waals surface area contributed by atoms with E-state index in [-0.39, 0.29) is 15.6 Å². The van der Waals surface area contributed by atoms with E-state index < -0.39 is 15.8 Å². The smallest absolute Gasteiger partial charge is 0.264 e. The van der Waals surface area contributed by atoms with Crippen molar-refractivity contribution >= 4 is 38.2 Å². The van der Waals surface area contributed by atoms with Gasteiger partial charge in [0.2, 0.25) is 0 Å². The molecule has 0 aliphatic heterocycles. The molecule has 1 heterocycles. The molecule has 114 valence electrons. The zero-order chi connectivity index (χ0) is 15.9. The number of halogens is 2. The number of sulfonamides is 1. The lowest BCUT2D eigenvalue weighted by molar-refractivity contribution is 0.599. The van der Waals surface area contributed by atoms with Crippen molar-refractivity contribution in [2.24, 2.45) is 0 Å². The van der Waals surface area contributed by atoms with Gasteiger partial charge < -0.3 is 4.98 Å². The lowest BCUT2D eigenvalue weighted by Gasteiger charge is -2.08. The van der Waals surface area contributed by atoms with Gasteiger partial charge in [-0.2, -0.15) is 0 Å². The average Bonchev–Trinajstić information content (AvgIpc) is 2.85. The van der Waals surface area contributed by atoms with Gasteiger partial charge in [-0.3, -0.25) is 4.72 Å². The molecule has 0 spiro atoms. The van der Waals surface area contributed by atoms with E-state index in [4.69, 9.17) is 11.6 Å². The molecule has 2 aromatic carbocycles. The van der Waals surface area contributed by atoms with E-state index in [9.17, 15) is 12.8 Å². The minimum absolute atomic E-state index is 0.0665. The molecular formula is C15H12ClFN2O2S. The molecule has 1 aromatic heterocycles. The van der Waals surface area contributed by atoms with Crippen molar-refractivity contribution in [1.29, 1.82) is 0 Å². The molecule has 0 aliphatic carbocycles. The van der Waals surface area contributed by atoms with Gasteiger partial charge in [0.25, 0.3) is 10.0 Å². The zero-order valence-electron chi connectivity index (χ0n) is 11.5. The zero-order valence-corrected chi connectivity index (χ0v) is 13.1. The fraction of sp³-hybridized carbons (Fsp3) is 0.0667. The monoisotopic (exact) mass is 338 g/mol. The van der Waals surface area contributed by atoms with E-state index in [1.165, 1.54) is 18.3 Å². The van der Waals surface area contributed by atoms with Crippen LogP contribution in [0.2, 0.25) is 5.02 Å². The van der Waals surface area contributed by atoms with E-state index in [1.807, 2.05) is 19.1 Å². The first-order valence-electron chi connectivity index (χ1n) is 6.42. The summed E-state index contributed by atoms with van der Waals surface area (Å²) < 4.78 is 40.9. The molecule has 0 unspecified atom stereocenters. The van der Waals surface area contributed by atoms with Gasteiger partial charge in [-0.05, 0) is 36.8 Å². The number of anilines is 1. The second-order valence-corrected chi connectivity index (χ2v) is 7.02. The summed E-state index contributed by atoms with van der Waals surface area (Å²) in [6.07, 6.45) is 1.39. The molecule has 0 saturated carbocycles. The number of hydrogen-bond donors (Lipinski definition) is 2. The van der Waals surface area contributed by atoms with Gasteiger partial charge >= 0.3 is 0 Å².